The summed E-state index contributed by atoms with van der Waals surface area (Å²) in [5.74, 6) is -0.0616. The van der Waals surface area contributed by atoms with E-state index in [4.69, 9.17) is 0 Å². The molecule has 1 fully saturated rings. The number of nitrogens with zero attached hydrogens (tertiary/aromatic N) is 3. The Kier molecular flexibility index (Phi) is 3.69. The van der Waals surface area contributed by atoms with Crippen LogP contribution in [0.3, 0.4) is 0 Å². The first-order chi connectivity index (χ1) is 9.86. The van der Waals surface area contributed by atoms with E-state index < -0.39 is 0 Å². The summed E-state index contributed by atoms with van der Waals surface area (Å²) in [6, 6.07) is 10.1. The van der Waals surface area contributed by atoms with Gasteiger partial charge >= 0.3 is 0 Å². The zero-order chi connectivity index (χ0) is 13.8. The number of carbonyl (C=O) groups excluding carboxylic acids is 1. The van der Waals surface area contributed by atoms with Crippen LogP contribution in [-0.4, -0.2) is 40.4 Å². The standard InChI is InChI=1S/C15H16N4O/c20-15(13-10-16-6-7-18-13)19-9-8-17-11-14(19)12-4-2-1-3-5-12/h1-7,10,14,17H,8-9,11H2/t14-/m0/s1. The minimum absolute atomic E-state index is 0.0412. The molecule has 2 heterocycles. The van der Waals surface area contributed by atoms with Crippen LogP contribution in [0.5, 0.6) is 0 Å². The van der Waals surface area contributed by atoms with Crippen molar-refractivity contribution >= 4 is 5.91 Å². The van der Waals surface area contributed by atoms with Crippen molar-refractivity contribution in [2.75, 3.05) is 19.6 Å². The van der Waals surface area contributed by atoms with Crippen LogP contribution >= 0.6 is 0 Å². The number of aromatic nitrogens is 2. The molecule has 0 saturated carbocycles. The van der Waals surface area contributed by atoms with Gasteiger partial charge in [-0.15, -0.1) is 0 Å². The molecule has 0 radical (unpaired) electrons. The number of hydrogen-bond donors (Lipinski definition) is 1. The molecule has 1 atom stereocenters. The summed E-state index contributed by atoms with van der Waals surface area (Å²) in [5, 5.41) is 3.34. The van der Waals surface area contributed by atoms with Crippen molar-refractivity contribution in [1.82, 2.24) is 20.2 Å². The first kappa shape index (κ1) is 12.7. The molecule has 2 aromatic rings. The Bertz CT molecular complexity index is 573. The summed E-state index contributed by atoms with van der Waals surface area (Å²) in [5.41, 5.74) is 1.53. The predicted molar refractivity (Wildman–Crippen MR) is 75.1 cm³/mol. The smallest absolute Gasteiger partial charge is 0.274 e. The van der Waals surface area contributed by atoms with Gasteiger partial charge in [-0.25, -0.2) is 4.98 Å². The highest BCUT2D eigenvalue weighted by atomic mass is 16.2. The van der Waals surface area contributed by atoms with E-state index in [0.29, 0.717) is 12.2 Å². The van der Waals surface area contributed by atoms with Crippen LogP contribution in [0.25, 0.3) is 0 Å². The molecule has 1 aromatic heterocycles. The number of nitrogens with one attached hydrogen (secondary N) is 1. The summed E-state index contributed by atoms with van der Waals surface area (Å²) in [7, 11) is 0. The molecule has 102 valence electrons. The van der Waals surface area contributed by atoms with Crippen molar-refractivity contribution in [3.05, 3.63) is 60.2 Å². The molecule has 0 spiro atoms. The second-order valence-corrected chi connectivity index (χ2v) is 4.72. The van der Waals surface area contributed by atoms with Crippen LogP contribution in [0.1, 0.15) is 22.1 Å². The van der Waals surface area contributed by atoms with Gasteiger partial charge in [-0.1, -0.05) is 30.3 Å². The maximum atomic E-state index is 12.6. The van der Waals surface area contributed by atoms with Crippen molar-refractivity contribution in [2.24, 2.45) is 0 Å². The number of rotatable bonds is 2. The normalized spacial score (nSPS) is 18.8. The van der Waals surface area contributed by atoms with E-state index in [1.54, 1.807) is 12.4 Å². The Morgan fingerprint density at radius 2 is 2.10 bits per heavy atom. The van der Waals surface area contributed by atoms with Gasteiger partial charge in [0.1, 0.15) is 5.69 Å². The topological polar surface area (TPSA) is 58.1 Å². The Labute approximate surface area is 117 Å². The highest BCUT2D eigenvalue weighted by Gasteiger charge is 2.29. The lowest BCUT2D eigenvalue weighted by atomic mass is 10.0. The van der Waals surface area contributed by atoms with E-state index in [2.05, 4.69) is 27.4 Å². The lowest BCUT2D eigenvalue weighted by Crippen LogP contribution is -2.48. The third kappa shape index (κ3) is 2.53. The second kappa shape index (κ2) is 5.79. The fraction of sp³-hybridized carbons (Fsp3) is 0.267. The molecule has 5 heteroatoms. The average molecular weight is 268 g/mol. The van der Waals surface area contributed by atoms with E-state index in [1.807, 2.05) is 23.1 Å². The molecule has 0 unspecified atom stereocenters. The zero-order valence-electron chi connectivity index (χ0n) is 11.1. The van der Waals surface area contributed by atoms with Gasteiger partial charge in [-0.05, 0) is 5.56 Å². The van der Waals surface area contributed by atoms with E-state index in [1.165, 1.54) is 6.20 Å². The van der Waals surface area contributed by atoms with Crippen molar-refractivity contribution in [1.29, 1.82) is 0 Å². The lowest BCUT2D eigenvalue weighted by molar-refractivity contribution is 0.0627. The monoisotopic (exact) mass is 268 g/mol. The van der Waals surface area contributed by atoms with Gasteiger partial charge in [0.2, 0.25) is 0 Å². The van der Waals surface area contributed by atoms with Gasteiger partial charge in [-0.2, -0.15) is 0 Å². The van der Waals surface area contributed by atoms with Crippen molar-refractivity contribution in [2.45, 2.75) is 6.04 Å². The van der Waals surface area contributed by atoms with E-state index in [9.17, 15) is 4.79 Å². The number of carbonyl (C=O) groups is 1. The summed E-state index contributed by atoms with van der Waals surface area (Å²) >= 11 is 0. The molecule has 3 rings (SSSR count). The molecule has 1 N–H and O–H groups in total. The van der Waals surface area contributed by atoms with Crippen LogP contribution in [0.15, 0.2) is 48.9 Å². The van der Waals surface area contributed by atoms with Gasteiger partial charge < -0.3 is 10.2 Å². The number of piperazine rings is 1. The molecule has 1 aromatic carbocycles. The first-order valence-corrected chi connectivity index (χ1v) is 6.69. The minimum Gasteiger partial charge on any atom is -0.328 e. The third-order valence-corrected chi connectivity index (χ3v) is 3.47. The number of hydrogen-bond acceptors (Lipinski definition) is 4. The van der Waals surface area contributed by atoms with Gasteiger partial charge in [0.15, 0.2) is 0 Å². The fourth-order valence-electron chi connectivity index (χ4n) is 2.48. The van der Waals surface area contributed by atoms with E-state index in [-0.39, 0.29) is 11.9 Å². The Morgan fingerprint density at radius 1 is 1.25 bits per heavy atom. The molecule has 5 nitrogen and oxygen atoms in total. The Hall–Kier alpha value is -2.27. The Morgan fingerprint density at radius 3 is 2.85 bits per heavy atom. The van der Waals surface area contributed by atoms with Crippen LogP contribution < -0.4 is 5.32 Å². The molecule has 0 aliphatic carbocycles. The van der Waals surface area contributed by atoms with Gasteiger partial charge in [-0.3, -0.25) is 9.78 Å². The zero-order valence-corrected chi connectivity index (χ0v) is 11.1. The minimum atomic E-state index is -0.0616. The van der Waals surface area contributed by atoms with Gasteiger partial charge in [0.05, 0.1) is 12.2 Å². The van der Waals surface area contributed by atoms with Crippen molar-refractivity contribution in [3.63, 3.8) is 0 Å². The van der Waals surface area contributed by atoms with Crippen LogP contribution in [-0.2, 0) is 0 Å². The summed E-state index contributed by atoms with van der Waals surface area (Å²) in [6.45, 7) is 2.24. The second-order valence-electron chi connectivity index (χ2n) is 4.72. The van der Waals surface area contributed by atoms with Crippen LogP contribution in [0.4, 0.5) is 0 Å². The van der Waals surface area contributed by atoms with E-state index >= 15 is 0 Å². The predicted octanol–water partition coefficient (Wildman–Crippen LogP) is 1.26. The fourth-order valence-corrected chi connectivity index (χ4v) is 2.48. The van der Waals surface area contributed by atoms with Gasteiger partial charge in [0, 0.05) is 32.0 Å². The van der Waals surface area contributed by atoms with Gasteiger partial charge in [0.25, 0.3) is 5.91 Å². The SMILES string of the molecule is O=C(c1cnccn1)N1CCNC[C@H]1c1ccccc1. The highest BCUT2D eigenvalue weighted by Crippen LogP contribution is 2.23. The highest BCUT2D eigenvalue weighted by molar-refractivity contribution is 5.92. The van der Waals surface area contributed by atoms with E-state index in [0.717, 1.165) is 18.7 Å². The molecule has 1 aliphatic rings. The number of benzene rings is 1. The molecule has 1 saturated heterocycles. The third-order valence-electron chi connectivity index (χ3n) is 3.47. The molecule has 1 aliphatic heterocycles. The average Bonchev–Trinajstić information content (AvgIpc) is 2.56. The van der Waals surface area contributed by atoms with Crippen LogP contribution in [0, 0.1) is 0 Å². The molecule has 0 bridgehead atoms. The first-order valence-electron chi connectivity index (χ1n) is 6.69. The molecule has 20 heavy (non-hydrogen) atoms. The number of amides is 1. The van der Waals surface area contributed by atoms with Crippen molar-refractivity contribution < 1.29 is 4.79 Å². The molecule has 1 amide bonds. The largest absolute Gasteiger partial charge is 0.328 e. The summed E-state index contributed by atoms with van der Waals surface area (Å²) in [6.07, 6.45) is 4.64. The lowest BCUT2D eigenvalue weighted by Gasteiger charge is -2.36. The van der Waals surface area contributed by atoms with Crippen LogP contribution in [0.2, 0.25) is 0 Å². The summed E-state index contributed by atoms with van der Waals surface area (Å²) in [4.78, 5) is 22.5. The maximum Gasteiger partial charge on any atom is 0.274 e. The molecular formula is C15H16N4O. The Balaban J connectivity index is 1.88. The maximum absolute atomic E-state index is 12.6. The quantitative estimate of drug-likeness (QED) is 0.891. The summed E-state index contributed by atoms with van der Waals surface area (Å²) < 4.78 is 0. The molecular weight excluding hydrogens is 252 g/mol. The van der Waals surface area contributed by atoms with Crippen molar-refractivity contribution in [3.8, 4) is 0 Å².